The van der Waals surface area contributed by atoms with Gasteiger partial charge in [0.2, 0.25) is 0 Å². The van der Waals surface area contributed by atoms with E-state index in [0.717, 1.165) is 0 Å². The zero-order valence-corrected chi connectivity index (χ0v) is 11.0. The topological polar surface area (TPSA) is 0 Å². The van der Waals surface area contributed by atoms with Crippen molar-refractivity contribution in [2.24, 2.45) is 5.41 Å². The van der Waals surface area contributed by atoms with Crippen LogP contribution in [0, 0.1) is 5.41 Å². The summed E-state index contributed by atoms with van der Waals surface area (Å²) in [6, 6.07) is 0. The Morgan fingerprint density at radius 1 is 1.00 bits per heavy atom. The average Bonchev–Trinajstić information content (AvgIpc) is 2.01. The van der Waals surface area contributed by atoms with Crippen LogP contribution in [0.1, 0.15) is 59.3 Å². The summed E-state index contributed by atoms with van der Waals surface area (Å²) in [6.45, 7) is 7.10. The van der Waals surface area contributed by atoms with Crippen LogP contribution in [-0.4, -0.2) is 4.43 Å². The highest BCUT2D eigenvalue weighted by Gasteiger charge is 2.15. The maximum Gasteiger partial charge on any atom is -0.000472 e. The lowest BCUT2D eigenvalue weighted by Crippen LogP contribution is -2.10. The van der Waals surface area contributed by atoms with E-state index in [0.29, 0.717) is 5.41 Å². The number of hydrogen-bond acceptors (Lipinski definition) is 0. The molecule has 1 heteroatoms. The SMILES string of the molecule is CCCCC(C)(C)CCCCI. The quantitative estimate of drug-likeness (QED) is 0.357. The third kappa shape index (κ3) is 7.38. The van der Waals surface area contributed by atoms with Gasteiger partial charge in [0.25, 0.3) is 0 Å². The number of rotatable bonds is 7. The van der Waals surface area contributed by atoms with Crippen LogP contribution in [0.5, 0.6) is 0 Å². The second-order valence-corrected chi connectivity index (χ2v) is 5.49. The third-order valence-corrected chi connectivity index (χ3v) is 3.21. The van der Waals surface area contributed by atoms with Crippen molar-refractivity contribution in [1.29, 1.82) is 0 Å². The predicted octanol–water partition coefficient (Wildman–Crippen LogP) is 4.81. The van der Waals surface area contributed by atoms with Crippen LogP contribution in [0.2, 0.25) is 0 Å². The molecule has 0 nitrogen and oxygen atoms in total. The van der Waals surface area contributed by atoms with E-state index >= 15 is 0 Å². The molecule has 0 amide bonds. The summed E-state index contributed by atoms with van der Waals surface area (Å²) in [6.07, 6.45) is 8.38. The molecule has 0 rings (SSSR count). The summed E-state index contributed by atoms with van der Waals surface area (Å²) in [5.74, 6) is 0. The number of alkyl halides is 1. The van der Waals surface area contributed by atoms with Crippen LogP contribution in [0.3, 0.4) is 0 Å². The third-order valence-electron chi connectivity index (χ3n) is 2.44. The summed E-state index contributed by atoms with van der Waals surface area (Å²) < 4.78 is 1.32. The molecule has 0 aromatic rings. The maximum atomic E-state index is 2.47. The largest absolute Gasteiger partial charge is 0.0864 e. The summed E-state index contributed by atoms with van der Waals surface area (Å²) in [5.41, 5.74) is 0.599. The van der Waals surface area contributed by atoms with Gasteiger partial charge in [-0.2, -0.15) is 0 Å². The van der Waals surface area contributed by atoms with Crippen LogP contribution in [0.15, 0.2) is 0 Å². The van der Waals surface area contributed by atoms with Gasteiger partial charge in [-0.1, -0.05) is 62.6 Å². The highest BCUT2D eigenvalue weighted by Crippen LogP contribution is 2.29. The van der Waals surface area contributed by atoms with Gasteiger partial charge < -0.3 is 0 Å². The molecule has 0 heterocycles. The predicted molar refractivity (Wildman–Crippen MR) is 66.0 cm³/mol. The molecule has 0 saturated heterocycles. The fourth-order valence-electron chi connectivity index (χ4n) is 1.48. The molecule has 0 fully saturated rings. The number of halogens is 1. The molecule has 0 radical (unpaired) electrons. The summed E-state index contributed by atoms with van der Waals surface area (Å²) in [4.78, 5) is 0. The first-order chi connectivity index (χ1) is 5.62. The minimum Gasteiger partial charge on any atom is -0.0864 e. The molecule has 12 heavy (non-hydrogen) atoms. The van der Waals surface area contributed by atoms with Crippen molar-refractivity contribution in [3.8, 4) is 0 Å². The van der Waals surface area contributed by atoms with Gasteiger partial charge in [0.1, 0.15) is 0 Å². The Morgan fingerprint density at radius 2 is 1.58 bits per heavy atom. The molecule has 0 unspecified atom stereocenters. The van der Waals surface area contributed by atoms with E-state index in [1.54, 1.807) is 0 Å². The zero-order valence-electron chi connectivity index (χ0n) is 8.83. The number of hydrogen-bond donors (Lipinski definition) is 0. The smallest absolute Gasteiger partial charge is 0.000472 e. The van der Waals surface area contributed by atoms with Crippen molar-refractivity contribution in [3.05, 3.63) is 0 Å². The van der Waals surface area contributed by atoms with Gasteiger partial charge in [0, 0.05) is 0 Å². The second kappa shape index (κ2) is 7.16. The van der Waals surface area contributed by atoms with Crippen molar-refractivity contribution in [2.45, 2.75) is 59.3 Å². The van der Waals surface area contributed by atoms with Crippen molar-refractivity contribution in [3.63, 3.8) is 0 Å². The Hall–Kier alpha value is 0.730. The van der Waals surface area contributed by atoms with Crippen LogP contribution < -0.4 is 0 Å². The zero-order chi connectivity index (χ0) is 9.45. The Bertz CT molecular complexity index is 97.2. The minimum absolute atomic E-state index is 0.599. The van der Waals surface area contributed by atoms with Gasteiger partial charge in [-0.15, -0.1) is 0 Å². The second-order valence-electron chi connectivity index (χ2n) is 4.41. The fraction of sp³-hybridized carbons (Fsp3) is 1.00. The van der Waals surface area contributed by atoms with Crippen LogP contribution in [0.25, 0.3) is 0 Å². The molecule has 0 aliphatic heterocycles. The highest BCUT2D eigenvalue weighted by atomic mass is 127. The lowest BCUT2D eigenvalue weighted by Gasteiger charge is -2.24. The molecule has 0 N–H and O–H groups in total. The summed E-state index contributed by atoms with van der Waals surface area (Å²) >= 11 is 2.47. The van der Waals surface area contributed by atoms with Gasteiger partial charge in [-0.3, -0.25) is 0 Å². The van der Waals surface area contributed by atoms with Gasteiger partial charge in [0.05, 0.1) is 0 Å². The van der Waals surface area contributed by atoms with Crippen molar-refractivity contribution < 1.29 is 0 Å². The van der Waals surface area contributed by atoms with Gasteiger partial charge >= 0.3 is 0 Å². The monoisotopic (exact) mass is 282 g/mol. The molecule has 0 atom stereocenters. The molecule has 0 bridgehead atoms. The van der Waals surface area contributed by atoms with E-state index in [1.165, 1.54) is 43.0 Å². The molecule has 0 aromatic carbocycles. The lowest BCUT2D eigenvalue weighted by atomic mass is 9.82. The van der Waals surface area contributed by atoms with Crippen LogP contribution >= 0.6 is 22.6 Å². The molecule has 0 aliphatic rings. The summed E-state index contributed by atoms with van der Waals surface area (Å²) in [7, 11) is 0. The lowest BCUT2D eigenvalue weighted by molar-refractivity contribution is 0.289. The fourth-order valence-corrected chi connectivity index (χ4v) is 2.02. The van der Waals surface area contributed by atoms with Crippen molar-refractivity contribution >= 4 is 22.6 Å². The molecule has 0 spiro atoms. The van der Waals surface area contributed by atoms with E-state index in [4.69, 9.17) is 0 Å². The van der Waals surface area contributed by atoms with E-state index < -0.39 is 0 Å². The Balaban J connectivity index is 3.42. The van der Waals surface area contributed by atoms with Gasteiger partial charge in [-0.05, 0) is 29.1 Å². The minimum atomic E-state index is 0.599. The van der Waals surface area contributed by atoms with E-state index in [9.17, 15) is 0 Å². The molecule has 0 aromatic heterocycles. The van der Waals surface area contributed by atoms with Gasteiger partial charge in [-0.25, -0.2) is 0 Å². The van der Waals surface area contributed by atoms with Crippen LogP contribution in [0.4, 0.5) is 0 Å². The maximum absolute atomic E-state index is 2.47. The molecular formula is C11H23I. The first kappa shape index (κ1) is 12.7. The standard InChI is InChI=1S/C11H23I/c1-4-5-8-11(2,3)9-6-7-10-12/h4-10H2,1-3H3. The summed E-state index contributed by atoms with van der Waals surface area (Å²) in [5, 5.41) is 0. The Labute approximate surface area is 91.7 Å². The van der Waals surface area contributed by atoms with Crippen molar-refractivity contribution in [2.75, 3.05) is 4.43 Å². The molecule has 0 saturated carbocycles. The Kier molecular flexibility index (Phi) is 7.60. The normalized spacial score (nSPS) is 12.0. The van der Waals surface area contributed by atoms with Crippen LogP contribution in [-0.2, 0) is 0 Å². The van der Waals surface area contributed by atoms with Gasteiger partial charge in [0.15, 0.2) is 0 Å². The highest BCUT2D eigenvalue weighted by molar-refractivity contribution is 14.1. The van der Waals surface area contributed by atoms with E-state index in [-0.39, 0.29) is 0 Å². The average molecular weight is 282 g/mol. The van der Waals surface area contributed by atoms with E-state index in [2.05, 4.69) is 43.4 Å². The van der Waals surface area contributed by atoms with E-state index in [1.807, 2.05) is 0 Å². The number of unbranched alkanes of at least 4 members (excludes halogenated alkanes) is 2. The molecule has 0 aliphatic carbocycles. The van der Waals surface area contributed by atoms with Crippen molar-refractivity contribution in [1.82, 2.24) is 0 Å². The molecule has 74 valence electrons. The first-order valence-corrected chi connectivity index (χ1v) is 6.71. The molecular weight excluding hydrogens is 259 g/mol. The Morgan fingerprint density at radius 3 is 2.08 bits per heavy atom. The first-order valence-electron chi connectivity index (χ1n) is 5.18.